The Labute approximate surface area is 181 Å². The standard InChI is InChI=1S/C22H21N5O3S/c1-23-21-6-5-16-9-22(21)30-19-3-2-4-20(10-19)31(28,29)27-8-7-17(14-27)25-12-18-11-24-15-26(18)13-16/h2-6,9-11,15,17,25H,7-8,12-14H2/t17-/m0/s1. The lowest BCUT2D eigenvalue weighted by molar-refractivity contribution is 0.451. The van der Waals surface area contributed by atoms with Gasteiger partial charge >= 0.3 is 0 Å². The van der Waals surface area contributed by atoms with Crippen molar-refractivity contribution in [3.8, 4) is 11.5 Å². The third kappa shape index (κ3) is 3.81. The number of benzene rings is 2. The van der Waals surface area contributed by atoms with Crippen LogP contribution in [0.1, 0.15) is 17.7 Å². The number of aromatic nitrogens is 2. The fourth-order valence-corrected chi connectivity index (χ4v) is 5.54. The second-order valence-electron chi connectivity index (χ2n) is 7.73. The molecule has 2 aliphatic rings. The smallest absolute Gasteiger partial charge is 0.243 e. The maximum Gasteiger partial charge on any atom is 0.243 e. The van der Waals surface area contributed by atoms with Gasteiger partial charge in [-0.1, -0.05) is 18.2 Å². The fourth-order valence-electron chi connectivity index (χ4n) is 4.00. The summed E-state index contributed by atoms with van der Waals surface area (Å²) in [6.45, 7) is 9.53. The van der Waals surface area contributed by atoms with Crippen LogP contribution in [0.3, 0.4) is 0 Å². The zero-order valence-corrected chi connectivity index (χ0v) is 17.5. The number of ether oxygens (including phenoxy) is 1. The topological polar surface area (TPSA) is 80.8 Å². The first kappa shape index (κ1) is 19.8. The highest BCUT2D eigenvalue weighted by molar-refractivity contribution is 7.89. The Balaban J connectivity index is 1.60. The molecule has 0 radical (unpaired) electrons. The summed E-state index contributed by atoms with van der Waals surface area (Å²) in [4.78, 5) is 8.01. The van der Waals surface area contributed by atoms with Gasteiger partial charge in [0.2, 0.25) is 15.7 Å². The molecule has 0 aliphatic carbocycles. The molecule has 8 nitrogen and oxygen atoms in total. The van der Waals surface area contributed by atoms with Crippen molar-refractivity contribution in [3.63, 3.8) is 0 Å². The molecule has 1 unspecified atom stereocenters. The molecule has 1 saturated heterocycles. The number of sulfonamides is 1. The van der Waals surface area contributed by atoms with Gasteiger partial charge in [0.15, 0.2) is 0 Å². The highest BCUT2D eigenvalue weighted by atomic mass is 32.2. The first-order valence-electron chi connectivity index (χ1n) is 10.0. The molecule has 0 spiro atoms. The molecule has 2 aromatic carbocycles. The lowest BCUT2D eigenvalue weighted by Crippen LogP contribution is -2.35. The summed E-state index contributed by atoms with van der Waals surface area (Å²) in [5.41, 5.74) is 2.34. The van der Waals surface area contributed by atoms with Crippen LogP contribution in [-0.4, -0.2) is 41.4 Å². The van der Waals surface area contributed by atoms with E-state index in [9.17, 15) is 8.42 Å². The molecule has 3 aromatic rings. The van der Waals surface area contributed by atoms with E-state index in [0.29, 0.717) is 43.4 Å². The van der Waals surface area contributed by atoms with Gasteiger partial charge in [-0.2, -0.15) is 4.31 Å². The van der Waals surface area contributed by atoms with E-state index in [4.69, 9.17) is 11.3 Å². The zero-order chi connectivity index (χ0) is 21.4. The third-order valence-electron chi connectivity index (χ3n) is 5.69. The number of nitrogens with zero attached hydrogens (tertiary/aromatic N) is 4. The van der Waals surface area contributed by atoms with E-state index >= 15 is 0 Å². The minimum atomic E-state index is -3.64. The maximum absolute atomic E-state index is 13.2. The minimum Gasteiger partial charge on any atom is -0.468 e. The van der Waals surface area contributed by atoms with E-state index < -0.39 is 10.0 Å². The molecule has 158 valence electrons. The highest BCUT2D eigenvalue weighted by Crippen LogP contribution is 2.34. The molecule has 0 amide bonds. The highest BCUT2D eigenvalue weighted by Gasteiger charge is 2.32. The molecule has 3 heterocycles. The largest absolute Gasteiger partial charge is 0.468 e. The lowest BCUT2D eigenvalue weighted by Gasteiger charge is -2.19. The van der Waals surface area contributed by atoms with Gasteiger partial charge in [-0.3, -0.25) is 0 Å². The summed E-state index contributed by atoms with van der Waals surface area (Å²) >= 11 is 0. The molecule has 0 saturated carbocycles. The SMILES string of the molecule is [C-]#[N+]c1ccc2cc1Oc1cccc(c1)S(=O)(=O)N1CC[C@@H](C1)NCc1cncn1C2. The molecule has 6 bridgehead atoms. The van der Waals surface area contributed by atoms with E-state index in [-0.39, 0.29) is 10.9 Å². The predicted octanol–water partition coefficient (Wildman–Crippen LogP) is 3.14. The van der Waals surface area contributed by atoms with Crippen LogP contribution in [0.15, 0.2) is 59.9 Å². The van der Waals surface area contributed by atoms with Crippen molar-refractivity contribution >= 4 is 15.7 Å². The van der Waals surface area contributed by atoms with Crippen molar-refractivity contribution < 1.29 is 13.2 Å². The van der Waals surface area contributed by atoms with Crippen LogP contribution in [0.4, 0.5) is 5.69 Å². The van der Waals surface area contributed by atoms with Crippen LogP contribution in [0, 0.1) is 6.57 Å². The van der Waals surface area contributed by atoms with Gasteiger partial charge in [0.05, 0.1) is 23.5 Å². The Morgan fingerprint density at radius 2 is 2.13 bits per heavy atom. The van der Waals surface area contributed by atoms with Crippen molar-refractivity contribution in [1.82, 2.24) is 19.2 Å². The molecule has 5 rings (SSSR count). The zero-order valence-electron chi connectivity index (χ0n) is 16.7. The monoisotopic (exact) mass is 435 g/mol. The van der Waals surface area contributed by atoms with E-state index in [0.717, 1.165) is 17.7 Å². The number of rotatable bonds is 0. The van der Waals surface area contributed by atoms with Gasteiger partial charge in [0, 0.05) is 44.5 Å². The van der Waals surface area contributed by atoms with Crippen molar-refractivity contribution in [2.75, 3.05) is 13.1 Å². The van der Waals surface area contributed by atoms with Crippen LogP contribution in [0.2, 0.25) is 0 Å². The Hall–Kier alpha value is -3.19. The Morgan fingerprint density at radius 3 is 3.00 bits per heavy atom. The van der Waals surface area contributed by atoms with Gasteiger partial charge in [-0.05, 0) is 30.2 Å². The van der Waals surface area contributed by atoms with E-state index in [1.165, 1.54) is 10.4 Å². The summed E-state index contributed by atoms with van der Waals surface area (Å²) in [5.74, 6) is 0.780. The van der Waals surface area contributed by atoms with Crippen LogP contribution < -0.4 is 10.1 Å². The molecular formula is C22H21N5O3S. The first-order valence-corrected chi connectivity index (χ1v) is 11.5. The van der Waals surface area contributed by atoms with Crippen molar-refractivity contribution in [3.05, 3.63) is 77.7 Å². The van der Waals surface area contributed by atoms with Crippen LogP contribution in [0.5, 0.6) is 11.5 Å². The molecule has 9 heteroatoms. The second kappa shape index (κ2) is 7.81. The van der Waals surface area contributed by atoms with Gasteiger partial charge in [-0.25, -0.2) is 18.2 Å². The number of hydrogen-bond donors (Lipinski definition) is 1. The average Bonchev–Trinajstić information content (AvgIpc) is 3.42. The molecule has 31 heavy (non-hydrogen) atoms. The summed E-state index contributed by atoms with van der Waals surface area (Å²) < 4.78 is 35.9. The van der Waals surface area contributed by atoms with E-state index in [1.807, 2.05) is 22.9 Å². The number of nitrogens with one attached hydrogen (secondary N) is 1. The normalized spacial score (nSPS) is 22.2. The van der Waals surface area contributed by atoms with Gasteiger partial charge in [0.25, 0.3) is 0 Å². The second-order valence-corrected chi connectivity index (χ2v) is 9.67. The van der Waals surface area contributed by atoms with Crippen LogP contribution in [-0.2, 0) is 23.1 Å². The Bertz CT molecular complexity index is 1280. The van der Waals surface area contributed by atoms with Crippen LogP contribution in [0.25, 0.3) is 4.85 Å². The van der Waals surface area contributed by atoms with Gasteiger partial charge < -0.3 is 14.6 Å². The lowest BCUT2D eigenvalue weighted by atomic mass is 10.2. The maximum atomic E-state index is 13.2. The molecule has 1 aromatic heterocycles. The van der Waals surface area contributed by atoms with E-state index in [2.05, 4.69) is 15.1 Å². The minimum absolute atomic E-state index is 0.0787. The Kier molecular flexibility index (Phi) is 4.98. The fraction of sp³-hybridized carbons (Fsp3) is 0.273. The summed E-state index contributed by atoms with van der Waals surface area (Å²) in [6, 6.07) is 12.0. The van der Waals surface area contributed by atoms with E-state index in [1.54, 1.807) is 30.6 Å². The summed E-state index contributed by atoms with van der Waals surface area (Å²) in [7, 11) is -3.64. The van der Waals surface area contributed by atoms with Crippen molar-refractivity contribution in [2.45, 2.75) is 30.4 Å². The average molecular weight is 436 g/mol. The van der Waals surface area contributed by atoms with Crippen molar-refractivity contribution in [2.24, 2.45) is 0 Å². The number of hydrogen-bond acceptors (Lipinski definition) is 5. The van der Waals surface area contributed by atoms with Crippen molar-refractivity contribution in [1.29, 1.82) is 0 Å². The third-order valence-corrected chi connectivity index (χ3v) is 7.55. The first-order chi connectivity index (χ1) is 15.0. The molecule has 1 fully saturated rings. The predicted molar refractivity (Wildman–Crippen MR) is 115 cm³/mol. The Morgan fingerprint density at radius 1 is 1.23 bits per heavy atom. The van der Waals surface area contributed by atoms with Gasteiger partial charge in [0.1, 0.15) is 11.5 Å². The van der Waals surface area contributed by atoms with Crippen LogP contribution >= 0.6 is 0 Å². The molecule has 2 aliphatic heterocycles. The summed E-state index contributed by atoms with van der Waals surface area (Å²) in [6.07, 6.45) is 4.34. The number of imidazole rings is 1. The summed E-state index contributed by atoms with van der Waals surface area (Å²) in [5, 5.41) is 3.47. The van der Waals surface area contributed by atoms with Gasteiger partial charge in [-0.15, -0.1) is 0 Å². The quantitative estimate of drug-likeness (QED) is 0.549. The molecule has 1 N–H and O–H groups in total. The molecular weight excluding hydrogens is 414 g/mol. The number of fused-ring (bicyclic) bond motifs is 7. The molecule has 2 atom stereocenters.